The quantitative estimate of drug-likeness (QED) is 0.890. The van der Waals surface area contributed by atoms with Crippen molar-refractivity contribution in [2.24, 2.45) is 11.3 Å². The third-order valence-electron chi connectivity index (χ3n) is 4.39. The Bertz CT molecular complexity index is 439. The molecule has 1 aliphatic heterocycles. The third kappa shape index (κ3) is 2.84. The Balaban J connectivity index is 2.00. The van der Waals surface area contributed by atoms with Crippen LogP contribution in [0.15, 0.2) is 6.07 Å². The number of carbonyl (C=O) groups is 1. The molecular formula is C15H24N2OS. The average molecular weight is 280 g/mol. The summed E-state index contributed by atoms with van der Waals surface area (Å²) in [6, 6.07) is 2.18. The maximum absolute atomic E-state index is 12.5. The predicted molar refractivity (Wildman–Crippen MR) is 80.4 cm³/mol. The minimum Gasteiger partial charge on any atom is -0.351 e. The zero-order valence-electron chi connectivity index (χ0n) is 12.3. The highest BCUT2D eigenvalue weighted by Gasteiger charge is 2.43. The summed E-state index contributed by atoms with van der Waals surface area (Å²) in [5.41, 5.74) is 1.09. The summed E-state index contributed by atoms with van der Waals surface area (Å²) in [4.78, 5) is 15.1. The molecule has 1 aliphatic rings. The molecule has 3 nitrogen and oxygen atoms in total. The molecule has 106 valence electrons. The number of aryl methyl sites for hydroxylation is 2. The van der Waals surface area contributed by atoms with E-state index in [9.17, 15) is 4.79 Å². The Hall–Kier alpha value is -0.870. The molecule has 2 N–H and O–H groups in total. The number of carbonyl (C=O) groups excluding carboxylic acids is 1. The van der Waals surface area contributed by atoms with Crippen molar-refractivity contribution >= 4 is 17.2 Å². The summed E-state index contributed by atoms with van der Waals surface area (Å²) in [7, 11) is 0. The van der Waals surface area contributed by atoms with Gasteiger partial charge in [0.1, 0.15) is 0 Å². The lowest BCUT2D eigenvalue weighted by Crippen LogP contribution is -2.45. The molecule has 0 spiro atoms. The highest BCUT2D eigenvalue weighted by molar-refractivity contribution is 7.12. The highest BCUT2D eigenvalue weighted by Crippen LogP contribution is 2.34. The minimum absolute atomic E-state index is 0.205. The molecule has 1 aromatic heterocycles. The zero-order chi connectivity index (χ0) is 14.0. The van der Waals surface area contributed by atoms with Gasteiger partial charge in [-0.2, -0.15) is 0 Å². The van der Waals surface area contributed by atoms with Crippen LogP contribution in [0.2, 0.25) is 0 Å². The molecular weight excluding hydrogens is 256 g/mol. The van der Waals surface area contributed by atoms with E-state index in [4.69, 9.17) is 0 Å². The summed E-state index contributed by atoms with van der Waals surface area (Å²) < 4.78 is 0. The van der Waals surface area contributed by atoms with Crippen LogP contribution in [-0.4, -0.2) is 19.0 Å². The van der Waals surface area contributed by atoms with Crippen molar-refractivity contribution in [3.63, 3.8) is 0 Å². The van der Waals surface area contributed by atoms with E-state index in [0.29, 0.717) is 12.5 Å². The molecule has 1 saturated heterocycles. The summed E-state index contributed by atoms with van der Waals surface area (Å²) in [6.07, 6.45) is 0.943. The summed E-state index contributed by atoms with van der Waals surface area (Å²) in [5.74, 6) is 0.575. The molecule has 0 bridgehead atoms. The standard InChI is InChI=1S/C15H24N2OS/c1-10(2)15(5-6-16-9-15)14(18)17-8-13-7-11(3)12(4)19-13/h7,10,16H,5-6,8-9H2,1-4H3,(H,17,18). The van der Waals surface area contributed by atoms with E-state index in [0.717, 1.165) is 19.5 Å². The first-order valence-corrected chi connectivity index (χ1v) is 7.82. The van der Waals surface area contributed by atoms with Gasteiger partial charge >= 0.3 is 0 Å². The van der Waals surface area contributed by atoms with Gasteiger partial charge in [-0.15, -0.1) is 11.3 Å². The van der Waals surface area contributed by atoms with Crippen molar-refractivity contribution in [2.45, 2.75) is 40.7 Å². The summed E-state index contributed by atoms with van der Waals surface area (Å²) in [5, 5.41) is 6.46. The van der Waals surface area contributed by atoms with Gasteiger partial charge in [-0.3, -0.25) is 4.79 Å². The van der Waals surface area contributed by atoms with Crippen molar-refractivity contribution in [1.82, 2.24) is 10.6 Å². The second kappa shape index (κ2) is 5.63. The fourth-order valence-corrected chi connectivity index (χ4v) is 3.73. The van der Waals surface area contributed by atoms with Crippen LogP contribution in [0.5, 0.6) is 0 Å². The van der Waals surface area contributed by atoms with Crippen LogP contribution in [0.4, 0.5) is 0 Å². The minimum atomic E-state index is -0.221. The van der Waals surface area contributed by atoms with E-state index >= 15 is 0 Å². The number of hydrogen-bond acceptors (Lipinski definition) is 3. The molecule has 0 radical (unpaired) electrons. The van der Waals surface area contributed by atoms with Gasteiger partial charge < -0.3 is 10.6 Å². The van der Waals surface area contributed by atoms with Gasteiger partial charge in [0.15, 0.2) is 0 Å². The molecule has 0 saturated carbocycles. The summed E-state index contributed by atoms with van der Waals surface area (Å²) in [6.45, 7) is 10.9. The fourth-order valence-electron chi connectivity index (χ4n) is 2.74. The van der Waals surface area contributed by atoms with Gasteiger partial charge in [0, 0.05) is 16.3 Å². The van der Waals surface area contributed by atoms with Crippen molar-refractivity contribution in [1.29, 1.82) is 0 Å². The van der Waals surface area contributed by atoms with E-state index in [1.807, 2.05) is 0 Å². The van der Waals surface area contributed by atoms with Crippen molar-refractivity contribution in [3.8, 4) is 0 Å². The van der Waals surface area contributed by atoms with Crippen LogP contribution in [0.1, 0.15) is 35.6 Å². The first-order valence-electron chi connectivity index (χ1n) is 7.00. The SMILES string of the molecule is Cc1cc(CNC(=O)C2(C(C)C)CCNC2)sc1C. The second-order valence-corrected chi connectivity index (χ2v) is 7.21. The van der Waals surface area contributed by atoms with E-state index < -0.39 is 0 Å². The number of hydrogen-bond donors (Lipinski definition) is 2. The number of rotatable bonds is 4. The Kier molecular flexibility index (Phi) is 4.31. The maximum Gasteiger partial charge on any atom is 0.228 e. The van der Waals surface area contributed by atoms with Gasteiger partial charge in [0.2, 0.25) is 5.91 Å². The van der Waals surface area contributed by atoms with Crippen molar-refractivity contribution < 1.29 is 4.79 Å². The molecule has 4 heteroatoms. The molecule has 0 aliphatic carbocycles. The maximum atomic E-state index is 12.5. The van der Waals surface area contributed by atoms with Crippen LogP contribution < -0.4 is 10.6 Å². The Morgan fingerprint density at radius 1 is 1.53 bits per heavy atom. The van der Waals surface area contributed by atoms with Crippen LogP contribution >= 0.6 is 11.3 Å². The topological polar surface area (TPSA) is 41.1 Å². The number of thiophene rings is 1. The smallest absolute Gasteiger partial charge is 0.228 e. The summed E-state index contributed by atoms with van der Waals surface area (Å²) >= 11 is 1.78. The van der Waals surface area contributed by atoms with Crippen LogP contribution in [0, 0.1) is 25.2 Å². The lowest BCUT2D eigenvalue weighted by Gasteiger charge is -2.31. The molecule has 1 atom stereocenters. The average Bonchev–Trinajstić information content (AvgIpc) is 2.95. The lowest BCUT2D eigenvalue weighted by molar-refractivity contribution is -0.132. The Morgan fingerprint density at radius 2 is 2.26 bits per heavy atom. The fraction of sp³-hybridized carbons (Fsp3) is 0.667. The van der Waals surface area contributed by atoms with E-state index in [1.54, 1.807) is 11.3 Å². The third-order valence-corrected chi connectivity index (χ3v) is 5.54. The Morgan fingerprint density at radius 3 is 2.74 bits per heavy atom. The van der Waals surface area contributed by atoms with E-state index in [-0.39, 0.29) is 11.3 Å². The molecule has 1 amide bonds. The number of amides is 1. The predicted octanol–water partition coefficient (Wildman–Crippen LogP) is 2.62. The molecule has 1 aromatic rings. The monoisotopic (exact) mass is 280 g/mol. The molecule has 0 aromatic carbocycles. The van der Waals surface area contributed by atoms with Gasteiger partial charge in [0.25, 0.3) is 0 Å². The van der Waals surface area contributed by atoms with Crippen molar-refractivity contribution in [2.75, 3.05) is 13.1 Å². The largest absolute Gasteiger partial charge is 0.351 e. The molecule has 1 unspecified atom stereocenters. The Labute approximate surface area is 119 Å². The normalized spacial score (nSPS) is 23.0. The first-order chi connectivity index (χ1) is 8.95. The van der Waals surface area contributed by atoms with Gasteiger partial charge in [-0.05, 0) is 44.4 Å². The van der Waals surface area contributed by atoms with Gasteiger partial charge in [0.05, 0.1) is 12.0 Å². The van der Waals surface area contributed by atoms with Crippen molar-refractivity contribution in [3.05, 3.63) is 21.4 Å². The molecule has 2 heterocycles. The molecule has 19 heavy (non-hydrogen) atoms. The molecule has 2 rings (SSSR count). The number of nitrogens with one attached hydrogen (secondary N) is 2. The molecule has 1 fully saturated rings. The second-order valence-electron chi connectivity index (χ2n) is 5.87. The lowest BCUT2D eigenvalue weighted by atomic mass is 9.75. The van der Waals surface area contributed by atoms with Crippen LogP contribution in [-0.2, 0) is 11.3 Å². The zero-order valence-corrected chi connectivity index (χ0v) is 13.1. The highest BCUT2D eigenvalue weighted by atomic mass is 32.1. The van der Waals surface area contributed by atoms with Gasteiger partial charge in [-0.1, -0.05) is 13.8 Å². The van der Waals surface area contributed by atoms with Crippen LogP contribution in [0.3, 0.4) is 0 Å². The van der Waals surface area contributed by atoms with Crippen LogP contribution in [0.25, 0.3) is 0 Å². The van der Waals surface area contributed by atoms with E-state index in [1.165, 1.54) is 15.3 Å². The first kappa shape index (κ1) is 14.5. The van der Waals surface area contributed by atoms with Gasteiger partial charge in [-0.25, -0.2) is 0 Å². The van der Waals surface area contributed by atoms with E-state index in [2.05, 4.69) is 44.4 Å².